The maximum atomic E-state index is 10.5. The molecular formula is C9H15N3O2S. The van der Waals surface area contributed by atoms with Crippen molar-refractivity contribution in [2.24, 2.45) is 5.73 Å². The van der Waals surface area contributed by atoms with Gasteiger partial charge in [0.25, 0.3) is 0 Å². The SMILES string of the molecule is CCn1cncc1CSC[C@@H](N)C(=O)O. The molecule has 1 rings (SSSR count). The van der Waals surface area contributed by atoms with Crippen LogP contribution in [0.25, 0.3) is 0 Å². The van der Waals surface area contributed by atoms with Crippen LogP contribution in [0.3, 0.4) is 0 Å². The second-order valence-electron chi connectivity index (χ2n) is 3.13. The molecule has 0 unspecified atom stereocenters. The van der Waals surface area contributed by atoms with Gasteiger partial charge in [-0.3, -0.25) is 4.79 Å². The highest BCUT2D eigenvalue weighted by molar-refractivity contribution is 7.98. The quantitative estimate of drug-likeness (QED) is 0.744. The maximum Gasteiger partial charge on any atom is 0.321 e. The highest BCUT2D eigenvalue weighted by Crippen LogP contribution is 2.12. The van der Waals surface area contributed by atoms with Crippen LogP contribution in [0.1, 0.15) is 12.6 Å². The van der Waals surface area contributed by atoms with E-state index in [1.807, 2.05) is 11.5 Å². The molecule has 1 heterocycles. The van der Waals surface area contributed by atoms with Gasteiger partial charge in [0.1, 0.15) is 6.04 Å². The standard InChI is InChI=1S/C9H15N3O2S/c1-2-12-6-11-3-7(12)4-15-5-8(10)9(13)14/h3,6,8H,2,4-5,10H2,1H3,(H,13,14)/t8-/m1/s1. The van der Waals surface area contributed by atoms with Gasteiger partial charge in [0.05, 0.1) is 6.33 Å². The van der Waals surface area contributed by atoms with Gasteiger partial charge < -0.3 is 15.4 Å². The highest BCUT2D eigenvalue weighted by Gasteiger charge is 2.11. The molecule has 0 saturated heterocycles. The van der Waals surface area contributed by atoms with Gasteiger partial charge in [0.2, 0.25) is 0 Å². The number of hydrogen-bond acceptors (Lipinski definition) is 4. The van der Waals surface area contributed by atoms with Crippen molar-refractivity contribution in [2.75, 3.05) is 5.75 Å². The predicted octanol–water partition coefficient (Wildman–Crippen LogP) is 0.548. The lowest BCUT2D eigenvalue weighted by atomic mass is 10.4. The van der Waals surface area contributed by atoms with E-state index in [4.69, 9.17) is 10.8 Å². The van der Waals surface area contributed by atoms with Crippen molar-refractivity contribution < 1.29 is 9.90 Å². The third-order valence-corrected chi connectivity index (χ3v) is 3.10. The van der Waals surface area contributed by atoms with E-state index in [0.717, 1.165) is 18.0 Å². The fourth-order valence-electron chi connectivity index (χ4n) is 1.11. The Kier molecular flexibility index (Phi) is 4.64. The van der Waals surface area contributed by atoms with Crippen LogP contribution in [0.5, 0.6) is 0 Å². The first-order valence-corrected chi connectivity index (χ1v) is 5.85. The molecule has 0 radical (unpaired) electrons. The lowest BCUT2D eigenvalue weighted by molar-refractivity contribution is -0.137. The Hall–Kier alpha value is -1.01. The lowest BCUT2D eigenvalue weighted by Crippen LogP contribution is -2.32. The Bertz CT molecular complexity index is 327. The summed E-state index contributed by atoms with van der Waals surface area (Å²) < 4.78 is 2.03. The summed E-state index contributed by atoms with van der Waals surface area (Å²) in [7, 11) is 0. The molecule has 0 spiro atoms. The Morgan fingerprint density at radius 1 is 1.80 bits per heavy atom. The lowest BCUT2D eigenvalue weighted by Gasteiger charge is -2.07. The predicted molar refractivity (Wildman–Crippen MR) is 59.7 cm³/mol. The zero-order valence-electron chi connectivity index (χ0n) is 8.59. The number of rotatable bonds is 6. The Labute approximate surface area is 92.7 Å². The summed E-state index contributed by atoms with van der Waals surface area (Å²) in [5.41, 5.74) is 6.48. The van der Waals surface area contributed by atoms with E-state index in [2.05, 4.69) is 4.98 Å². The summed E-state index contributed by atoms with van der Waals surface area (Å²) in [6, 6.07) is -0.784. The summed E-state index contributed by atoms with van der Waals surface area (Å²) in [5.74, 6) is 0.213. The van der Waals surface area contributed by atoms with E-state index >= 15 is 0 Å². The van der Waals surface area contributed by atoms with Crippen molar-refractivity contribution in [1.82, 2.24) is 9.55 Å². The van der Waals surface area contributed by atoms with E-state index in [1.54, 1.807) is 12.5 Å². The van der Waals surface area contributed by atoms with Crippen LogP contribution in [0.4, 0.5) is 0 Å². The van der Waals surface area contributed by atoms with Gasteiger partial charge in [-0.25, -0.2) is 4.98 Å². The first-order chi connectivity index (χ1) is 7.15. The molecule has 1 aromatic heterocycles. The van der Waals surface area contributed by atoms with Gasteiger partial charge in [-0.15, -0.1) is 0 Å². The first kappa shape index (κ1) is 12.1. The molecule has 6 heteroatoms. The molecule has 0 aliphatic rings. The molecule has 0 aliphatic heterocycles. The molecule has 84 valence electrons. The number of aliphatic carboxylic acids is 1. The van der Waals surface area contributed by atoms with E-state index in [0.29, 0.717) is 5.75 Å². The van der Waals surface area contributed by atoms with E-state index < -0.39 is 12.0 Å². The molecule has 1 atom stereocenters. The maximum absolute atomic E-state index is 10.5. The Morgan fingerprint density at radius 2 is 2.53 bits per heavy atom. The number of thioether (sulfide) groups is 1. The minimum Gasteiger partial charge on any atom is -0.480 e. The third-order valence-electron chi connectivity index (χ3n) is 2.00. The molecule has 0 aromatic carbocycles. The molecule has 3 N–H and O–H groups in total. The van der Waals surface area contributed by atoms with Gasteiger partial charge in [-0.1, -0.05) is 0 Å². The number of carbonyl (C=O) groups is 1. The normalized spacial score (nSPS) is 12.7. The minimum absolute atomic E-state index is 0.421. The molecule has 0 fully saturated rings. The van der Waals surface area contributed by atoms with E-state index in [9.17, 15) is 4.79 Å². The highest BCUT2D eigenvalue weighted by atomic mass is 32.2. The third kappa shape index (κ3) is 3.56. The molecule has 0 saturated carbocycles. The van der Waals surface area contributed by atoms with Gasteiger partial charge in [0, 0.05) is 29.9 Å². The van der Waals surface area contributed by atoms with Crippen LogP contribution >= 0.6 is 11.8 Å². The topological polar surface area (TPSA) is 81.1 Å². The number of carboxylic acids is 1. The average molecular weight is 229 g/mol. The molecule has 0 amide bonds. The Morgan fingerprint density at radius 3 is 3.13 bits per heavy atom. The summed E-state index contributed by atoms with van der Waals surface area (Å²) >= 11 is 1.51. The monoisotopic (exact) mass is 229 g/mol. The number of nitrogens with two attached hydrogens (primary N) is 1. The van der Waals surface area contributed by atoms with Gasteiger partial charge in [-0.2, -0.15) is 11.8 Å². The number of nitrogens with zero attached hydrogens (tertiary/aromatic N) is 2. The van der Waals surface area contributed by atoms with Crippen LogP contribution in [0.15, 0.2) is 12.5 Å². The van der Waals surface area contributed by atoms with Gasteiger partial charge >= 0.3 is 5.97 Å². The summed E-state index contributed by atoms with van der Waals surface area (Å²) in [4.78, 5) is 14.5. The van der Waals surface area contributed by atoms with Gasteiger partial charge in [-0.05, 0) is 6.92 Å². The smallest absolute Gasteiger partial charge is 0.321 e. The largest absolute Gasteiger partial charge is 0.480 e. The van der Waals surface area contributed by atoms with Crippen molar-refractivity contribution in [3.05, 3.63) is 18.2 Å². The number of hydrogen-bond donors (Lipinski definition) is 2. The zero-order valence-corrected chi connectivity index (χ0v) is 9.41. The number of carboxylic acid groups (broad SMARTS) is 1. The van der Waals surface area contributed by atoms with Crippen LogP contribution in [-0.2, 0) is 17.1 Å². The second kappa shape index (κ2) is 5.77. The fourth-order valence-corrected chi connectivity index (χ4v) is 2.08. The van der Waals surface area contributed by atoms with Crippen molar-refractivity contribution in [3.8, 4) is 0 Å². The van der Waals surface area contributed by atoms with Crippen LogP contribution in [0.2, 0.25) is 0 Å². The molecular weight excluding hydrogens is 214 g/mol. The summed E-state index contributed by atoms with van der Waals surface area (Å²) in [6.45, 7) is 2.92. The Balaban J connectivity index is 2.34. The molecule has 0 bridgehead atoms. The average Bonchev–Trinajstić information content (AvgIpc) is 2.65. The molecule has 0 aliphatic carbocycles. The zero-order chi connectivity index (χ0) is 11.3. The number of aromatic nitrogens is 2. The fraction of sp³-hybridized carbons (Fsp3) is 0.556. The molecule has 5 nitrogen and oxygen atoms in total. The van der Waals surface area contributed by atoms with E-state index in [-0.39, 0.29) is 0 Å². The van der Waals surface area contributed by atoms with Gasteiger partial charge in [0.15, 0.2) is 0 Å². The van der Waals surface area contributed by atoms with E-state index in [1.165, 1.54) is 11.8 Å². The number of imidazole rings is 1. The summed E-state index contributed by atoms with van der Waals surface area (Å²) in [6.07, 6.45) is 3.57. The first-order valence-electron chi connectivity index (χ1n) is 4.70. The van der Waals surface area contributed by atoms with Crippen LogP contribution < -0.4 is 5.73 Å². The van der Waals surface area contributed by atoms with Crippen molar-refractivity contribution in [2.45, 2.75) is 25.3 Å². The van der Waals surface area contributed by atoms with Crippen molar-refractivity contribution in [3.63, 3.8) is 0 Å². The van der Waals surface area contributed by atoms with Crippen LogP contribution in [0, 0.1) is 0 Å². The van der Waals surface area contributed by atoms with Crippen LogP contribution in [-0.4, -0.2) is 32.4 Å². The minimum atomic E-state index is -0.952. The van der Waals surface area contributed by atoms with Crippen molar-refractivity contribution in [1.29, 1.82) is 0 Å². The summed E-state index contributed by atoms with van der Waals surface area (Å²) in [5, 5.41) is 8.58. The molecule has 1 aromatic rings. The van der Waals surface area contributed by atoms with Crippen molar-refractivity contribution >= 4 is 17.7 Å². The second-order valence-corrected chi connectivity index (χ2v) is 4.16. The molecule has 15 heavy (non-hydrogen) atoms. The number of aryl methyl sites for hydroxylation is 1.